The number of benzene rings is 1. The van der Waals surface area contributed by atoms with Crippen molar-refractivity contribution in [2.45, 2.75) is 50.2 Å². The van der Waals surface area contributed by atoms with Crippen LogP contribution in [0.15, 0.2) is 18.2 Å². The number of hydrogen-bond acceptors (Lipinski definition) is 4. The zero-order valence-electron chi connectivity index (χ0n) is 13.9. The highest BCUT2D eigenvalue weighted by Gasteiger charge is 2.40. The van der Waals surface area contributed by atoms with E-state index in [1.54, 1.807) is 18.2 Å². The number of para-hydroxylation sites is 1. The molecule has 2 saturated heterocycles. The van der Waals surface area contributed by atoms with Gasteiger partial charge in [0.05, 0.1) is 11.3 Å². The molecule has 1 aromatic carbocycles. The molecule has 2 bridgehead atoms. The van der Waals surface area contributed by atoms with Crippen molar-refractivity contribution in [2.24, 2.45) is 11.5 Å². The first-order valence-electron chi connectivity index (χ1n) is 8.37. The summed E-state index contributed by atoms with van der Waals surface area (Å²) in [5.41, 5.74) is 11.7. The molecule has 130 valence electrons. The lowest BCUT2D eigenvalue weighted by Crippen LogP contribution is -2.57. The quantitative estimate of drug-likeness (QED) is 0.496. The second-order valence-corrected chi connectivity index (χ2v) is 6.82. The van der Waals surface area contributed by atoms with Gasteiger partial charge in [-0.05, 0) is 44.9 Å². The molecule has 0 saturated carbocycles. The molecule has 2 heterocycles. The largest absolute Gasteiger partial charge is 0.505 e. The van der Waals surface area contributed by atoms with E-state index in [9.17, 15) is 9.90 Å². The fraction of sp³-hybridized carbons (Fsp3) is 0.529. The van der Waals surface area contributed by atoms with Crippen LogP contribution < -0.4 is 16.4 Å². The van der Waals surface area contributed by atoms with E-state index >= 15 is 0 Å². The first-order chi connectivity index (χ1) is 11.4. The van der Waals surface area contributed by atoms with Gasteiger partial charge in [0.2, 0.25) is 0 Å². The number of phenols is 1. The number of hydrogen-bond donors (Lipinski definition) is 4. The van der Waals surface area contributed by atoms with E-state index in [2.05, 4.69) is 11.9 Å². The van der Waals surface area contributed by atoms with Crippen molar-refractivity contribution in [1.29, 1.82) is 5.41 Å². The van der Waals surface area contributed by atoms with Crippen molar-refractivity contribution in [3.63, 3.8) is 0 Å². The Bertz CT molecular complexity index is 648. The number of amides is 2. The second kappa shape index (κ2) is 6.32. The Balaban J connectivity index is 1.96. The number of nitrogens with two attached hydrogens (primary N) is 2. The number of fused-ring (bicyclic) bond motifs is 2. The van der Waals surface area contributed by atoms with Crippen LogP contribution in [0.2, 0.25) is 0 Å². The number of carbonyl (C=O) groups is 1. The van der Waals surface area contributed by atoms with E-state index in [-0.39, 0.29) is 23.2 Å². The number of rotatable bonds is 3. The summed E-state index contributed by atoms with van der Waals surface area (Å²) >= 11 is 0. The summed E-state index contributed by atoms with van der Waals surface area (Å²) in [5.74, 6) is -0.396. The number of anilines is 1. The van der Waals surface area contributed by atoms with E-state index in [4.69, 9.17) is 16.9 Å². The Labute approximate surface area is 141 Å². The number of piperidine rings is 2. The topological polar surface area (TPSA) is 120 Å². The molecule has 2 unspecified atom stereocenters. The maximum absolute atomic E-state index is 12.2. The van der Waals surface area contributed by atoms with Gasteiger partial charge < -0.3 is 21.5 Å². The third-order valence-electron chi connectivity index (χ3n) is 5.48. The Morgan fingerprint density at radius 2 is 1.92 bits per heavy atom. The lowest BCUT2D eigenvalue weighted by atomic mass is 9.81. The monoisotopic (exact) mass is 331 g/mol. The molecule has 0 aliphatic carbocycles. The van der Waals surface area contributed by atoms with Gasteiger partial charge in [0, 0.05) is 18.1 Å². The molecule has 2 amide bonds. The third-order valence-corrected chi connectivity index (χ3v) is 5.48. The standard InChI is InChI=1S/C17H25N5O2/c1-21-10-4-2-5-11(21)9-12(8-10)22(17(20)24)14-7-3-6-13(15(14)23)16(18)19/h3,6-7,10-12,23H,2,4-5,8-9H2,1H3,(H3,18,19)(H2,20,24). The van der Waals surface area contributed by atoms with E-state index in [0.717, 1.165) is 25.7 Å². The van der Waals surface area contributed by atoms with E-state index in [1.165, 1.54) is 11.3 Å². The lowest BCUT2D eigenvalue weighted by Gasteiger charge is -2.49. The molecular formula is C17H25N5O2. The molecule has 0 radical (unpaired) electrons. The molecular weight excluding hydrogens is 306 g/mol. The minimum Gasteiger partial charge on any atom is -0.505 e. The van der Waals surface area contributed by atoms with Crippen molar-refractivity contribution in [2.75, 3.05) is 11.9 Å². The number of nitrogens with zero attached hydrogens (tertiary/aromatic N) is 2. The number of carbonyl (C=O) groups excluding carboxylic acids is 1. The maximum atomic E-state index is 12.2. The Morgan fingerprint density at radius 3 is 2.46 bits per heavy atom. The molecule has 24 heavy (non-hydrogen) atoms. The second-order valence-electron chi connectivity index (χ2n) is 6.82. The van der Waals surface area contributed by atoms with Crippen molar-refractivity contribution in [3.8, 4) is 5.75 Å². The number of nitrogens with one attached hydrogen (secondary N) is 1. The van der Waals surface area contributed by atoms with Crippen LogP contribution in [-0.4, -0.2) is 47.0 Å². The summed E-state index contributed by atoms with van der Waals surface area (Å²) in [7, 11) is 2.15. The zero-order chi connectivity index (χ0) is 17.4. The number of primary amides is 1. The Hall–Kier alpha value is -2.28. The summed E-state index contributed by atoms with van der Waals surface area (Å²) in [6.07, 6.45) is 5.12. The molecule has 7 nitrogen and oxygen atoms in total. The molecule has 2 atom stereocenters. The molecule has 2 aliphatic heterocycles. The lowest BCUT2D eigenvalue weighted by molar-refractivity contribution is 0.0563. The zero-order valence-corrected chi connectivity index (χ0v) is 13.9. The SMILES string of the molecule is CN1C2CCCC1CC(N(C(N)=O)c1cccc(C(=N)N)c1O)C2. The number of amidine groups is 1. The Kier molecular flexibility index (Phi) is 4.36. The first-order valence-corrected chi connectivity index (χ1v) is 8.37. The summed E-state index contributed by atoms with van der Waals surface area (Å²) < 4.78 is 0. The van der Waals surface area contributed by atoms with Gasteiger partial charge in [-0.3, -0.25) is 10.3 Å². The van der Waals surface area contributed by atoms with Gasteiger partial charge >= 0.3 is 6.03 Å². The van der Waals surface area contributed by atoms with Crippen LogP contribution in [0.4, 0.5) is 10.5 Å². The summed E-state index contributed by atoms with van der Waals surface area (Å²) in [5, 5.41) is 18.1. The highest BCUT2D eigenvalue weighted by Crippen LogP contribution is 2.39. The molecule has 6 N–H and O–H groups in total. The fourth-order valence-corrected chi connectivity index (χ4v) is 4.24. The van der Waals surface area contributed by atoms with Gasteiger partial charge in [0.1, 0.15) is 11.6 Å². The van der Waals surface area contributed by atoms with Gasteiger partial charge in [-0.15, -0.1) is 0 Å². The highest BCUT2D eigenvalue weighted by atomic mass is 16.3. The minimum absolute atomic E-state index is 0.0536. The van der Waals surface area contributed by atoms with Gasteiger partial charge in [-0.2, -0.15) is 0 Å². The van der Waals surface area contributed by atoms with Gasteiger partial charge in [0.15, 0.2) is 0 Å². The van der Waals surface area contributed by atoms with Crippen LogP contribution in [0, 0.1) is 5.41 Å². The van der Waals surface area contributed by atoms with Crippen LogP contribution in [0.1, 0.15) is 37.7 Å². The number of phenolic OH excluding ortho intramolecular Hbond substituents is 1. The summed E-state index contributed by atoms with van der Waals surface area (Å²) in [6.45, 7) is 0. The first kappa shape index (κ1) is 16.6. The molecule has 0 aromatic heterocycles. The van der Waals surface area contributed by atoms with Gasteiger partial charge in [0.25, 0.3) is 0 Å². The maximum Gasteiger partial charge on any atom is 0.319 e. The van der Waals surface area contributed by atoms with Crippen LogP contribution in [0.5, 0.6) is 5.75 Å². The van der Waals surface area contributed by atoms with Crippen molar-refractivity contribution in [1.82, 2.24) is 4.90 Å². The van der Waals surface area contributed by atoms with E-state index in [0.29, 0.717) is 17.8 Å². The third kappa shape index (κ3) is 2.80. The van der Waals surface area contributed by atoms with Crippen LogP contribution in [0.3, 0.4) is 0 Å². The van der Waals surface area contributed by atoms with Crippen molar-refractivity contribution in [3.05, 3.63) is 23.8 Å². The average Bonchev–Trinajstić information content (AvgIpc) is 2.49. The normalized spacial score (nSPS) is 26.8. The van der Waals surface area contributed by atoms with Crippen LogP contribution >= 0.6 is 0 Å². The smallest absolute Gasteiger partial charge is 0.319 e. The fourth-order valence-electron chi connectivity index (χ4n) is 4.24. The minimum atomic E-state index is -0.585. The van der Waals surface area contributed by atoms with Crippen molar-refractivity contribution >= 4 is 17.6 Å². The van der Waals surface area contributed by atoms with Gasteiger partial charge in [-0.1, -0.05) is 12.5 Å². The molecule has 3 rings (SSSR count). The van der Waals surface area contributed by atoms with Crippen LogP contribution in [0.25, 0.3) is 0 Å². The van der Waals surface area contributed by atoms with Gasteiger partial charge in [-0.25, -0.2) is 4.79 Å². The van der Waals surface area contributed by atoms with Crippen molar-refractivity contribution < 1.29 is 9.90 Å². The van der Waals surface area contributed by atoms with Crippen LogP contribution in [-0.2, 0) is 0 Å². The molecule has 2 fully saturated rings. The molecule has 1 aromatic rings. The number of nitrogen functional groups attached to an aromatic ring is 1. The highest BCUT2D eigenvalue weighted by molar-refractivity contribution is 6.02. The average molecular weight is 331 g/mol. The number of aromatic hydroxyl groups is 1. The van der Waals surface area contributed by atoms with E-state index < -0.39 is 6.03 Å². The van der Waals surface area contributed by atoms with E-state index in [1.807, 2.05) is 0 Å². The number of urea groups is 1. The summed E-state index contributed by atoms with van der Waals surface area (Å²) in [4.78, 5) is 16.1. The predicted octanol–water partition coefficient (Wildman–Crippen LogP) is 1.58. The molecule has 7 heteroatoms. The molecule has 0 spiro atoms. The summed E-state index contributed by atoms with van der Waals surface area (Å²) in [6, 6.07) is 5.12. The Morgan fingerprint density at radius 1 is 1.29 bits per heavy atom. The predicted molar refractivity (Wildman–Crippen MR) is 93.4 cm³/mol. The molecule has 2 aliphatic rings.